The topological polar surface area (TPSA) is 50.5 Å². The number of hydrogen-bond donors (Lipinski definition) is 2. The Hall–Kier alpha value is -1.42. The molecule has 1 aromatic rings. The fraction of sp³-hybridized carbons (Fsp3) is 0.647. The summed E-state index contributed by atoms with van der Waals surface area (Å²) in [4.78, 5) is 2.53. The first-order valence-corrected chi connectivity index (χ1v) is 8.18. The third-order valence-corrected chi connectivity index (χ3v) is 4.15. The van der Waals surface area contributed by atoms with Crippen LogP contribution in [0.15, 0.2) is 18.2 Å². The van der Waals surface area contributed by atoms with E-state index in [0.29, 0.717) is 6.61 Å². The number of nitrogens with two attached hydrogens (primary N) is 1. The molecule has 0 aliphatic carbocycles. The van der Waals surface area contributed by atoms with Crippen LogP contribution >= 0.6 is 0 Å². The van der Waals surface area contributed by atoms with Gasteiger partial charge in [-0.3, -0.25) is 0 Å². The second-order valence-corrected chi connectivity index (χ2v) is 6.02. The van der Waals surface area contributed by atoms with E-state index in [4.69, 9.17) is 10.5 Å². The lowest BCUT2D eigenvalue weighted by Gasteiger charge is -2.30. The van der Waals surface area contributed by atoms with Crippen molar-refractivity contribution in [3.05, 3.63) is 18.2 Å². The molecule has 1 heterocycles. The number of benzene rings is 1. The highest BCUT2D eigenvalue weighted by molar-refractivity contribution is 5.72. The van der Waals surface area contributed by atoms with Crippen LogP contribution in [0, 0.1) is 5.92 Å². The highest BCUT2D eigenvalue weighted by Gasteiger charge is 2.15. The Morgan fingerprint density at radius 3 is 2.81 bits per heavy atom. The second-order valence-electron chi connectivity index (χ2n) is 6.02. The number of hydrogen-bond acceptors (Lipinski definition) is 4. The van der Waals surface area contributed by atoms with Gasteiger partial charge in [0.05, 0.1) is 18.0 Å². The first-order valence-electron chi connectivity index (χ1n) is 8.18. The number of piperidine rings is 1. The molecule has 1 saturated heterocycles. The molecular weight excluding hydrogens is 262 g/mol. The quantitative estimate of drug-likeness (QED) is 0.758. The molecule has 0 spiro atoms. The number of likely N-dealkylation sites (tertiary alicyclic amines) is 1. The smallest absolute Gasteiger partial charge is 0.144 e. The van der Waals surface area contributed by atoms with E-state index >= 15 is 0 Å². The summed E-state index contributed by atoms with van der Waals surface area (Å²) in [5.41, 5.74) is 7.86. The molecule has 118 valence electrons. The van der Waals surface area contributed by atoms with Gasteiger partial charge in [-0.25, -0.2) is 0 Å². The lowest BCUT2D eigenvalue weighted by atomic mass is 9.99. The molecular formula is C17H29N3O. The maximum atomic E-state index is 6.16. The molecule has 0 atom stereocenters. The highest BCUT2D eigenvalue weighted by atomic mass is 16.5. The van der Waals surface area contributed by atoms with E-state index in [1.165, 1.54) is 25.9 Å². The molecule has 4 heteroatoms. The van der Waals surface area contributed by atoms with Gasteiger partial charge in [0, 0.05) is 13.1 Å². The van der Waals surface area contributed by atoms with Gasteiger partial charge in [-0.2, -0.15) is 0 Å². The van der Waals surface area contributed by atoms with Gasteiger partial charge in [0.15, 0.2) is 0 Å². The monoisotopic (exact) mass is 291 g/mol. The van der Waals surface area contributed by atoms with Crippen LogP contribution in [0.1, 0.15) is 33.1 Å². The number of para-hydroxylation sites is 1. The Morgan fingerprint density at radius 1 is 1.33 bits per heavy atom. The molecule has 21 heavy (non-hydrogen) atoms. The Labute approximate surface area is 128 Å². The average Bonchev–Trinajstić information content (AvgIpc) is 2.50. The van der Waals surface area contributed by atoms with E-state index in [2.05, 4.69) is 24.1 Å². The van der Waals surface area contributed by atoms with Crippen LogP contribution in [0.25, 0.3) is 0 Å². The molecule has 1 aromatic carbocycles. The summed E-state index contributed by atoms with van der Waals surface area (Å²) in [6.45, 7) is 9.59. The van der Waals surface area contributed by atoms with Gasteiger partial charge in [0.2, 0.25) is 0 Å². The first kappa shape index (κ1) is 16.0. The molecule has 1 fully saturated rings. The van der Waals surface area contributed by atoms with E-state index in [-0.39, 0.29) is 0 Å². The van der Waals surface area contributed by atoms with Crippen molar-refractivity contribution in [3.63, 3.8) is 0 Å². The van der Waals surface area contributed by atoms with Gasteiger partial charge in [0.1, 0.15) is 5.75 Å². The molecule has 0 bridgehead atoms. The summed E-state index contributed by atoms with van der Waals surface area (Å²) in [7, 11) is 0. The Bertz CT molecular complexity index is 428. The van der Waals surface area contributed by atoms with Gasteiger partial charge in [-0.1, -0.05) is 19.9 Å². The average molecular weight is 291 g/mol. The summed E-state index contributed by atoms with van der Waals surface area (Å²) in [5, 5.41) is 3.44. The van der Waals surface area contributed by atoms with Gasteiger partial charge < -0.3 is 20.7 Å². The van der Waals surface area contributed by atoms with Crippen molar-refractivity contribution in [2.45, 2.75) is 33.1 Å². The Morgan fingerprint density at radius 2 is 2.10 bits per heavy atom. The molecule has 1 aliphatic heterocycles. The maximum absolute atomic E-state index is 6.16. The summed E-state index contributed by atoms with van der Waals surface area (Å²) in [6.07, 6.45) is 3.63. The zero-order valence-electron chi connectivity index (χ0n) is 13.4. The van der Waals surface area contributed by atoms with E-state index in [1.807, 2.05) is 18.2 Å². The SMILES string of the molecule is CCCOc1cccc(NCCN2CCC(C)CC2)c1N. The molecule has 0 amide bonds. The van der Waals surface area contributed by atoms with Crippen molar-refractivity contribution in [3.8, 4) is 5.75 Å². The van der Waals surface area contributed by atoms with Crippen molar-refractivity contribution in [2.24, 2.45) is 5.92 Å². The van der Waals surface area contributed by atoms with Gasteiger partial charge in [-0.05, 0) is 50.4 Å². The summed E-state index contributed by atoms with van der Waals surface area (Å²) < 4.78 is 5.66. The predicted molar refractivity (Wildman–Crippen MR) is 90.0 cm³/mol. The van der Waals surface area contributed by atoms with Crippen LogP contribution in [0.3, 0.4) is 0 Å². The fourth-order valence-corrected chi connectivity index (χ4v) is 2.67. The number of nitrogens with zero attached hydrogens (tertiary/aromatic N) is 1. The lowest BCUT2D eigenvalue weighted by Crippen LogP contribution is -2.36. The van der Waals surface area contributed by atoms with Crippen LogP contribution in [0.2, 0.25) is 0 Å². The highest BCUT2D eigenvalue weighted by Crippen LogP contribution is 2.29. The molecule has 2 rings (SSSR count). The van der Waals surface area contributed by atoms with E-state index in [9.17, 15) is 0 Å². The third-order valence-electron chi connectivity index (χ3n) is 4.15. The molecule has 1 aliphatic rings. The maximum Gasteiger partial charge on any atom is 0.144 e. The van der Waals surface area contributed by atoms with E-state index in [0.717, 1.165) is 42.6 Å². The standard InChI is InChI=1S/C17H29N3O/c1-3-13-21-16-6-4-5-15(17(16)18)19-9-12-20-10-7-14(2)8-11-20/h4-6,14,19H,3,7-13,18H2,1-2H3. The van der Waals surface area contributed by atoms with Crippen molar-refractivity contribution in [2.75, 3.05) is 43.8 Å². The zero-order chi connectivity index (χ0) is 15.1. The van der Waals surface area contributed by atoms with Crippen LogP contribution < -0.4 is 15.8 Å². The van der Waals surface area contributed by atoms with Crippen LogP contribution in [0.4, 0.5) is 11.4 Å². The van der Waals surface area contributed by atoms with Crippen LogP contribution in [-0.2, 0) is 0 Å². The van der Waals surface area contributed by atoms with Crippen LogP contribution in [0.5, 0.6) is 5.75 Å². The normalized spacial score (nSPS) is 16.9. The number of nitrogens with one attached hydrogen (secondary N) is 1. The minimum Gasteiger partial charge on any atom is -0.491 e. The number of anilines is 2. The lowest BCUT2D eigenvalue weighted by molar-refractivity contribution is 0.199. The summed E-state index contributed by atoms with van der Waals surface area (Å²) in [5.74, 6) is 1.67. The number of ether oxygens (including phenoxy) is 1. The number of rotatable bonds is 7. The molecule has 0 radical (unpaired) electrons. The van der Waals surface area contributed by atoms with E-state index < -0.39 is 0 Å². The largest absolute Gasteiger partial charge is 0.491 e. The van der Waals surface area contributed by atoms with Crippen molar-refractivity contribution < 1.29 is 4.74 Å². The molecule has 0 saturated carbocycles. The van der Waals surface area contributed by atoms with Crippen LogP contribution in [-0.4, -0.2) is 37.7 Å². The third kappa shape index (κ3) is 4.81. The van der Waals surface area contributed by atoms with E-state index in [1.54, 1.807) is 0 Å². The van der Waals surface area contributed by atoms with Crippen molar-refractivity contribution >= 4 is 11.4 Å². The Kier molecular flexibility index (Phi) is 6.18. The zero-order valence-corrected chi connectivity index (χ0v) is 13.4. The van der Waals surface area contributed by atoms with Gasteiger partial charge >= 0.3 is 0 Å². The molecule has 0 unspecified atom stereocenters. The van der Waals surface area contributed by atoms with Gasteiger partial charge in [-0.15, -0.1) is 0 Å². The Balaban J connectivity index is 1.80. The molecule has 3 N–H and O–H groups in total. The van der Waals surface area contributed by atoms with Crippen molar-refractivity contribution in [1.82, 2.24) is 4.90 Å². The molecule has 0 aromatic heterocycles. The number of nitrogen functional groups attached to an aromatic ring is 1. The second kappa shape index (κ2) is 8.13. The fourth-order valence-electron chi connectivity index (χ4n) is 2.67. The van der Waals surface area contributed by atoms with Crippen molar-refractivity contribution in [1.29, 1.82) is 0 Å². The summed E-state index contributed by atoms with van der Waals surface area (Å²) in [6, 6.07) is 5.95. The molecule has 4 nitrogen and oxygen atoms in total. The van der Waals surface area contributed by atoms with Gasteiger partial charge in [0.25, 0.3) is 0 Å². The predicted octanol–water partition coefficient (Wildman–Crippen LogP) is 3.20. The minimum atomic E-state index is 0.708. The minimum absolute atomic E-state index is 0.708. The first-order chi connectivity index (χ1) is 10.2. The summed E-state index contributed by atoms with van der Waals surface area (Å²) >= 11 is 0.